The lowest BCUT2D eigenvalue weighted by atomic mass is 10.2. The number of urea groups is 1. The Balaban J connectivity index is 2.44. The zero-order valence-corrected chi connectivity index (χ0v) is 12.3. The van der Waals surface area contributed by atoms with Crippen LogP contribution >= 0.6 is 11.3 Å². The molecule has 6 heteroatoms. The molecule has 0 aromatic carbocycles. The first-order chi connectivity index (χ1) is 8.93. The van der Waals surface area contributed by atoms with Crippen molar-refractivity contribution in [1.82, 2.24) is 10.6 Å². The summed E-state index contributed by atoms with van der Waals surface area (Å²) in [5.74, 6) is -1.00. The summed E-state index contributed by atoms with van der Waals surface area (Å²) in [5.41, 5.74) is 1.21. The topological polar surface area (TPSA) is 78.4 Å². The van der Waals surface area contributed by atoms with Crippen LogP contribution in [0.3, 0.4) is 0 Å². The molecule has 1 unspecified atom stereocenters. The van der Waals surface area contributed by atoms with Crippen LogP contribution in [-0.2, 0) is 11.3 Å². The van der Waals surface area contributed by atoms with Gasteiger partial charge < -0.3 is 15.7 Å². The minimum atomic E-state index is -1.00. The second-order valence-electron chi connectivity index (χ2n) is 4.46. The largest absolute Gasteiger partial charge is 0.480 e. The molecule has 106 valence electrons. The Kier molecular flexibility index (Phi) is 5.82. The van der Waals surface area contributed by atoms with Crippen LogP contribution in [0.2, 0.25) is 0 Å². The molecule has 0 aliphatic heterocycles. The second kappa shape index (κ2) is 7.13. The van der Waals surface area contributed by atoms with Gasteiger partial charge in [-0.15, -0.1) is 11.3 Å². The van der Waals surface area contributed by atoms with E-state index in [0.717, 1.165) is 4.88 Å². The van der Waals surface area contributed by atoms with Gasteiger partial charge in [0.2, 0.25) is 0 Å². The van der Waals surface area contributed by atoms with Gasteiger partial charge in [-0.05, 0) is 31.9 Å². The van der Waals surface area contributed by atoms with Gasteiger partial charge in [0.25, 0.3) is 0 Å². The molecule has 0 aliphatic rings. The van der Waals surface area contributed by atoms with Crippen molar-refractivity contribution in [2.45, 2.75) is 46.2 Å². The minimum Gasteiger partial charge on any atom is -0.480 e. The summed E-state index contributed by atoms with van der Waals surface area (Å²) in [4.78, 5) is 24.8. The van der Waals surface area contributed by atoms with Crippen molar-refractivity contribution in [2.75, 3.05) is 0 Å². The molecule has 1 aromatic heterocycles. The fourth-order valence-corrected chi connectivity index (χ4v) is 2.65. The molecule has 0 fully saturated rings. The van der Waals surface area contributed by atoms with E-state index in [1.807, 2.05) is 26.8 Å². The minimum absolute atomic E-state index is 0.420. The van der Waals surface area contributed by atoms with Crippen molar-refractivity contribution in [2.24, 2.45) is 0 Å². The van der Waals surface area contributed by atoms with Crippen molar-refractivity contribution in [1.29, 1.82) is 0 Å². The summed E-state index contributed by atoms with van der Waals surface area (Å²) in [5, 5.41) is 14.1. The van der Waals surface area contributed by atoms with Gasteiger partial charge in [0.1, 0.15) is 6.04 Å². The van der Waals surface area contributed by atoms with E-state index < -0.39 is 18.0 Å². The predicted molar refractivity (Wildman–Crippen MR) is 75.5 cm³/mol. The highest BCUT2D eigenvalue weighted by Gasteiger charge is 2.18. The van der Waals surface area contributed by atoms with Crippen molar-refractivity contribution >= 4 is 23.3 Å². The van der Waals surface area contributed by atoms with E-state index in [2.05, 4.69) is 10.6 Å². The highest BCUT2D eigenvalue weighted by molar-refractivity contribution is 7.12. The molecule has 1 atom stereocenters. The molecule has 0 saturated heterocycles. The van der Waals surface area contributed by atoms with Crippen LogP contribution in [-0.4, -0.2) is 23.1 Å². The molecule has 1 aromatic rings. The second-order valence-corrected chi connectivity index (χ2v) is 5.80. The molecule has 0 saturated carbocycles. The van der Waals surface area contributed by atoms with E-state index in [0.29, 0.717) is 19.4 Å². The standard InChI is InChI=1S/C13H20N2O3S/c1-4-5-11(12(16)17)15-13(18)14-7-10-6-8(2)9(3)19-10/h6,11H,4-5,7H2,1-3H3,(H,16,17)(H2,14,15,18). The molecule has 0 spiro atoms. The third-order valence-corrected chi connectivity index (χ3v) is 3.97. The highest BCUT2D eigenvalue weighted by atomic mass is 32.1. The molecule has 0 radical (unpaired) electrons. The number of hydrogen-bond acceptors (Lipinski definition) is 3. The number of amides is 2. The third kappa shape index (κ3) is 4.90. The Bertz CT molecular complexity index is 437. The first-order valence-electron chi connectivity index (χ1n) is 6.27. The number of nitrogens with one attached hydrogen (secondary N) is 2. The normalized spacial score (nSPS) is 11.9. The zero-order chi connectivity index (χ0) is 14.4. The van der Waals surface area contributed by atoms with E-state index >= 15 is 0 Å². The molecule has 19 heavy (non-hydrogen) atoms. The first-order valence-corrected chi connectivity index (χ1v) is 7.08. The molecular formula is C13H20N2O3S. The average molecular weight is 284 g/mol. The lowest BCUT2D eigenvalue weighted by Gasteiger charge is -2.13. The maximum Gasteiger partial charge on any atom is 0.326 e. The zero-order valence-electron chi connectivity index (χ0n) is 11.4. The molecule has 0 bridgehead atoms. The molecule has 1 heterocycles. The van der Waals surface area contributed by atoms with E-state index in [1.165, 1.54) is 10.4 Å². The van der Waals surface area contributed by atoms with Crippen molar-refractivity contribution in [3.63, 3.8) is 0 Å². The number of carbonyl (C=O) groups excluding carboxylic acids is 1. The Labute approximate surface area is 117 Å². The number of aliphatic carboxylic acids is 1. The highest BCUT2D eigenvalue weighted by Crippen LogP contribution is 2.20. The van der Waals surface area contributed by atoms with E-state index in [-0.39, 0.29) is 0 Å². The number of rotatable bonds is 6. The molecule has 1 rings (SSSR count). The maximum absolute atomic E-state index is 11.6. The van der Waals surface area contributed by atoms with Gasteiger partial charge in [-0.25, -0.2) is 9.59 Å². The van der Waals surface area contributed by atoms with Gasteiger partial charge in [0.05, 0.1) is 6.54 Å². The number of carboxylic acid groups (broad SMARTS) is 1. The van der Waals surface area contributed by atoms with Gasteiger partial charge in [-0.1, -0.05) is 13.3 Å². The summed E-state index contributed by atoms with van der Waals surface area (Å²) in [6.07, 6.45) is 1.14. The predicted octanol–water partition coefficient (Wildman–Crippen LogP) is 2.42. The first kappa shape index (κ1) is 15.5. The monoisotopic (exact) mass is 284 g/mol. The van der Waals surface area contributed by atoms with Crippen LogP contribution in [0.25, 0.3) is 0 Å². The van der Waals surface area contributed by atoms with Gasteiger partial charge in [-0.3, -0.25) is 0 Å². The number of carboxylic acids is 1. The summed E-state index contributed by atoms with van der Waals surface area (Å²) < 4.78 is 0. The summed E-state index contributed by atoms with van der Waals surface area (Å²) in [6.45, 7) is 6.36. The molecule has 3 N–H and O–H groups in total. The van der Waals surface area contributed by atoms with Crippen molar-refractivity contribution in [3.05, 3.63) is 21.4 Å². The third-order valence-electron chi connectivity index (χ3n) is 2.82. The molecule has 5 nitrogen and oxygen atoms in total. The summed E-state index contributed by atoms with van der Waals surface area (Å²) in [7, 11) is 0. The van der Waals surface area contributed by atoms with Crippen LogP contribution in [0.5, 0.6) is 0 Å². The number of thiophene rings is 1. The van der Waals surface area contributed by atoms with Gasteiger partial charge >= 0.3 is 12.0 Å². The SMILES string of the molecule is CCCC(NC(=O)NCc1cc(C)c(C)s1)C(=O)O. The van der Waals surface area contributed by atoms with Crippen molar-refractivity contribution < 1.29 is 14.7 Å². The Hall–Kier alpha value is -1.56. The van der Waals surface area contributed by atoms with Crippen LogP contribution in [0.15, 0.2) is 6.07 Å². The average Bonchev–Trinajstić information content (AvgIpc) is 2.65. The van der Waals surface area contributed by atoms with E-state index in [1.54, 1.807) is 11.3 Å². The van der Waals surface area contributed by atoms with Crippen LogP contribution in [0.4, 0.5) is 4.79 Å². The fraction of sp³-hybridized carbons (Fsp3) is 0.538. The molecular weight excluding hydrogens is 264 g/mol. The van der Waals surface area contributed by atoms with E-state index in [9.17, 15) is 9.59 Å². The Morgan fingerprint density at radius 3 is 2.58 bits per heavy atom. The number of hydrogen-bond donors (Lipinski definition) is 3. The van der Waals surface area contributed by atoms with Gasteiger partial charge in [0, 0.05) is 9.75 Å². The lowest BCUT2D eigenvalue weighted by molar-refractivity contribution is -0.139. The smallest absolute Gasteiger partial charge is 0.326 e. The van der Waals surface area contributed by atoms with Crippen molar-refractivity contribution in [3.8, 4) is 0 Å². The molecule has 2 amide bonds. The number of aryl methyl sites for hydroxylation is 2. The summed E-state index contributed by atoms with van der Waals surface area (Å²) in [6, 6.07) is 0.766. The Morgan fingerprint density at radius 1 is 1.42 bits per heavy atom. The summed E-state index contributed by atoms with van der Waals surface area (Å²) >= 11 is 1.63. The molecule has 0 aliphatic carbocycles. The van der Waals surface area contributed by atoms with Crippen LogP contribution < -0.4 is 10.6 Å². The Morgan fingerprint density at radius 2 is 2.11 bits per heavy atom. The maximum atomic E-state index is 11.6. The number of carbonyl (C=O) groups is 2. The van der Waals surface area contributed by atoms with Gasteiger partial charge in [-0.2, -0.15) is 0 Å². The lowest BCUT2D eigenvalue weighted by Crippen LogP contribution is -2.45. The van der Waals surface area contributed by atoms with Crippen LogP contribution in [0.1, 0.15) is 35.1 Å². The van der Waals surface area contributed by atoms with Crippen LogP contribution in [0, 0.1) is 13.8 Å². The fourth-order valence-electron chi connectivity index (χ4n) is 1.66. The van der Waals surface area contributed by atoms with Gasteiger partial charge in [0.15, 0.2) is 0 Å². The quantitative estimate of drug-likeness (QED) is 0.750. The van der Waals surface area contributed by atoms with E-state index in [4.69, 9.17) is 5.11 Å².